The summed E-state index contributed by atoms with van der Waals surface area (Å²) in [6.07, 6.45) is 1.57. The Morgan fingerprint density at radius 1 is 1.27 bits per heavy atom. The molecule has 1 saturated heterocycles. The molecule has 0 saturated carbocycles. The fourth-order valence-electron chi connectivity index (χ4n) is 2.19. The van der Waals surface area contributed by atoms with E-state index in [2.05, 4.69) is 24.5 Å². The Kier molecular flexibility index (Phi) is 3.37. The average Bonchev–Trinajstić information content (AvgIpc) is 2.40. The fraction of sp³-hybridized carbons (Fsp3) is 0.818. The molecule has 1 fully saturated rings. The van der Waals surface area contributed by atoms with E-state index in [4.69, 9.17) is 0 Å². The van der Waals surface area contributed by atoms with Crippen LogP contribution in [0, 0.1) is 11.8 Å². The Bertz CT molecular complexity index is 276. The van der Waals surface area contributed by atoms with Crippen LogP contribution in [0.3, 0.4) is 0 Å². The van der Waals surface area contributed by atoms with Gasteiger partial charge in [-0.3, -0.25) is 10.1 Å². The van der Waals surface area contributed by atoms with Crippen molar-refractivity contribution in [2.45, 2.75) is 46.1 Å². The van der Waals surface area contributed by atoms with Gasteiger partial charge in [-0.25, -0.2) is 4.79 Å². The van der Waals surface area contributed by atoms with E-state index in [-0.39, 0.29) is 17.9 Å². The van der Waals surface area contributed by atoms with Crippen molar-refractivity contribution < 1.29 is 9.59 Å². The standard InChI is InChI=1S/C11H20N2O2/c1-5-8(4)11(6-7(2)3)9(14)12-10(15)13-11/h7-8H,5-6H2,1-4H3,(H2,12,13,14,15). The predicted octanol–water partition coefficient (Wildman–Crippen LogP) is 1.66. The highest BCUT2D eigenvalue weighted by Crippen LogP contribution is 2.30. The van der Waals surface area contributed by atoms with Gasteiger partial charge < -0.3 is 5.32 Å². The highest BCUT2D eigenvalue weighted by atomic mass is 16.2. The summed E-state index contributed by atoms with van der Waals surface area (Å²) in [4.78, 5) is 23.1. The molecule has 15 heavy (non-hydrogen) atoms. The molecule has 0 aromatic heterocycles. The molecule has 4 nitrogen and oxygen atoms in total. The first kappa shape index (κ1) is 12.0. The normalized spacial score (nSPS) is 27.8. The van der Waals surface area contributed by atoms with Crippen molar-refractivity contribution in [3.63, 3.8) is 0 Å². The quantitative estimate of drug-likeness (QED) is 0.696. The summed E-state index contributed by atoms with van der Waals surface area (Å²) < 4.78 is 0. The Morgan fingerprint density at radius 2 is 1.87 bits per heavy atom. The minimum Gasteiger partial charge on any atom is -0.323 e. The molecule has 4 heteroatoms. The van der Waals surface area contributed by atoms with Crippen LogP contribution in [0.4, 0.5) is 4.79 Å². The number of rotatable bonds is 4. The van der Waals surface area contributed by atoms with Crippen LogP contribution in [-0.4, -0.2) is 17.5 Å². The fourth-order valence-corrected chi connectivity index (χ4v) is 2.19. The second kappa shape index (κ2) is 4.21. The largest absolute Gasteiger partial charge is 0.323 e. The Balaban J connectivity index is 2.96. The molecule has 2 atom stereocenters. The first-order chi connectivity index (χ1) is 6.92. The van der Waals surface area contributed by atoms with Crippen LogP contribution < -0.4 is 10.6 Å². The topological polar surface area (TPSA) is 58.2 Å². The number of carbonyl (C=O) groups is 2. The molecule has 0 aliphatic carbocycles. The Labute approximate surface area is 90.8 Å². The minimum absolute atomic E-state index is 0.159. The van der Waals surface area contributed by atoms with Gasteiger partial charge in [0.05, 0.1) is 0 Å². The summed E-state index contributed by atoms with van der Waals surface area (Å²) in [5, 5.41) is 5.14. The molecular weight excluding hydrogens is 192 g/mol. The van der Waals surface area contributed by atoms with Crippen LogP contribution in [0.25, 0.3) is 0 Å². The van der Waals surface area contributed by atoms with Gasteiger partial charge in [0.2, 0.25) is 0 Å². The summed E-state index contributed by atoms with van der Waals surface area (Å²) in [7, 11) is 0. The van der Waals surface area contributed by atoms with Crippen molar-refractivity contribution in [2.75, 3.05) is 0 Å². The molecule has 2 N–H and O–H groups in total. The van der Waals surface area contributed by atoms with Gasteiger partial charge in [0.1, 0.15) is 5.54 Å². The van der Waals surface area contributed by atoms with Crippen molar-refractivity contribution >= 4 is 11.9 Å². The molecule has 1 heterocycles. The van der Waals surface area contributed by atoms with Gasteiger partial charge in [-0.05, 0) is 18.3 Å². The van der Waals surface area contributed by atoms with Crippen molar-refractivity contribution in [2.24, 2.45) is 11.8 Å². The molecule has 0 spiro atoms. The summed E-state index contributed by atoms with van der Waals surface area (Å²) in [5.74, 6) is 0.366. The number of carbonyl (C=O) groups excluding carboxylic acids is 2. The van der Waals surface area contributed by atoms with Gasteiger partial charge in [0.25, 0.3) is 5.91 Å². The third-order valence-corrected chi connectivity index (χ3v) is 3.15. The highest BCUT2D eigenvalue weighted by molar-refractivity contribution is 6.07. The number of nitrogens with one attached hydrogen (secondary N) is 2. The van der Waals surface area contributed by atoms with Crippen LogP contribution in [0.15, 0.2) is 0 Å². The van der Waals surface area contributed by atoms with Crippen molar-refractivity contribution in [1.82, 2.24) is 10.6 Å². The molecule has 2 unspecified atom stereocenters. The third kappa shape index (κ3) is 2.13. The molecule has 1 aliphatic rings. The van der Waals surface area contributed by atoms with Gasteiger partial charge in [-0.2, -0.15) is 0 Å². The summed E-state index contributed by atoms with van der Waals surface area (Å²) in [6, 6.07) is -0.360. The second-order valence-electron chi connectivity index (χ2n) is 4.79. The van der Waals surface area contributed by atoms with Crippen LogP contribution in [-0.2, 0) is 4.79 Å². The lowest BCUT2D eigenvalue weighted by atomic mass is 9.77. The van der Waals surface area contributed by atoms with E-state index < -0.39 is 5.54 Å². The zero-order chi connectivity index (χ0) is 11.6. The molecule has 0 aromatic rings. The Hall–Kier alpha value is -1.06. The maximum absolute atomic E-state index is 11.8. The lowest BCUT2D eigenvalue weighted by Crippen LogP contribution is -2.53. The Morgan fingerprint density at radius 3 is 2.20 bits per heavy atom. The first-order valence-electron chi connectivity index (χ1n) is 5.56. The lowest BCUT2D eigenvalue weighted by molar-refractivity contribution is -0.126. The maximum Gasteiger partial charge on any atom is 0.322 e. The molecule has 3 amide bonds. The van der Waals surface area contributed by atoms with Crippen LogP contribution in [0.1, 0.15) is 40.5 Å². The van der Waals surface area contributed by atoms with Gasteiger partial charge in [0.15, 0.2) is 0 Å². The van der Waals surface area contributed by atoms with E-state index in [1.807, 2.05) is 13.8 Å². The van der Waals surface area contributed by atoms with E-state index in [0.29, 0.717) is 12.3 Å². The molecule has 0 aromatic carbocycles. The van der Waals surface area contributed by atoms with E-state index >= 15 is 0 Å². The maximum atomic E-state index is 11.8. The van der Waals surface area contributed by atoms with Gasteiger partial charge >= 0.3 is 6.03 Å². The molecular formula is C11H20N2O2. The van der Waals surface area contributed by atoms with Crippen molar-refractivity contribution in [3.05, 3.63) is 0 Å². The molecule has 0 radical (unpaired) electrons. The first-order valence-corrected chi connectivity index (χ1v) is 5.56. The minimum atomic E-state index is -0.694. The van der Waals surface area contributed by atoms with Crippen molar-refractivity contribution in [1.29, 1.82) is 0 Å². The molecule has 1 rings (SSSR count). The lowest BCUT2D eigenvalue weighted by Gasteiger charge is -2.33. The smallest absolute Gasteiger partial charge is 0.322 e. The zero-order valence-corrected chi connectivity index (χ0v) is 9.89. The number of imide groups is 1. The molecule has 1 aliphatic heterocycles. The molecule has 86 valence electrons. The highest BCUT2D eigenvalue weighted by Gasteiger charge is 2.49. The number of urea groups is 1. The van der Waals surface area contributed by atoms with Crippen molar-refractivity contribution in [3.8, 4) is 0 Å². The predicted molar refractivity (Wildman–Crippen MR) is 58.3 cm³/mol. The third-order valence-electron chi connectivity index (χ3n) is 3.15. The average molecular weight is 212 g/mol. The van der Waals surface area contributed by atoms with Crippen LogP contribution in [0.5, 0.6) is 0 Å². The summed E-state index contributed by atoms with van der Waals surface area (Å²) in [5.41, 5.74) is -0.694. The van der Waals surface area contributed by atoms with Gasteiger partial charge in [-0.15, -0.1) is 0 Å². The molecule has 0 bridgehead atoms. The zero-order valence-electron chi connectivity index (χ0n) is 9.89. The second-order valence-corrected chi connectivity index (χ2v) is 4.79. The summed E-state index contributed by atoms with van der Waals surface area (Å²) >= 11 is 0. The van der Waals surface area contributed by atoms with E-state index in [1.54, 1.807) is 0 Å². The van der Waals surface area contributed by atoms with E-state index in [9.17, 15) is 9.59 Å². The van der Waals surface area contributed by atoms with E-state index in [0.717, 1.165) is 6.42 Å². The van der Waals surface area contributed by atoms with Gasteiger partial charge in [-0.1, -0.05) is 34.1 Å². The van der Waals surface area contributed by atoms with Crippen LogP contribution in [0.2, 0.25) is 0 Å². The van der Waals surface area contributed by atoms with E-state index in [1.165, 1.54) is 0 Å². The van der Waals surface area contributed by atoms with Crippen LogP contribution >= 0.6 is 0 Å². The number of amides is 3. The summed E-state index contributed by atoms with van der Waals surface area (Å²) in [6.45, 7) is 8.15. The SMILES string of the molecule is CCC(C)C1(CC(C)C)NC(=O)NC1=O. The number of hydrogen-bond acceptors (Lipinski definition) is 2. The van der Waals surface area contributed by atoms with Gasteiger partial charge in [0, 0.05) is 0 Å². The monoisotopic (exact) mass is 212 g/mol. The number of hydrogen-bond donors (Lipinski definition) is 2.